The van der Waals surface area contributed by atoms with Gasteiger partial charge in [-0.1, -0.05) is 38.5 Å². The van der Waals surface area contributed by atoms with Gasteiger partial charge in [0.05, 0.1) is 13.3 Å². The molecule has 80 valence electrons. The van der Waals surface area contributed by atoms with Crippen molar-refractivity contribution in [1.29, 1.82) is 0 Å². The highest BCUT2D eigenvalue weighted by molar-refractivity contribution is 6.88. The first-order valence-electron chi connectivity index (χ1n) is 6.29. The minimum atomic E-state index is -1.34. The van der Waals surface area contributed by atoms with Crippen molar-refractivity contribution in [3.63, 3.8) is 0 Å². The molecule has 0 aromatic rings. The van der Waals surface area contributed by atoms with Crippen LogP contribution in [0.5, 0.6) is 0 Å². The second-order valence-electron chi connectivity index (χ2n) is 6.31. The quantitative estimate of drug-likeness (QED) is 0.706. The van der Waals surface area contributed by atoms with Gasteiger partial charge in [0, 0.05) is 0 Å². The van der Waals surface area contributed by atoms with E-state index in [9.17, 15) is 5.11 Å². The third-order valence-electron chi connectivity index (χ3n) is 4.82. The van der Waals surface area contributed by atoms with Crippen molar-refractivity contribution in [1.82, 2.24) is 0 Å². The van der Waals surface area contributed by atoms with Crippen LogP contribution in [-0.2, 0) is 0 Å². The van der Waals surface area contributed by atoms with Gasteiger partial charge in [0.25, 0.3) is 0 Å². The molecule has 0 spiro atoms. The highest BCUT2D eigenvalue weighted by atomic mass is 28.3. The Labute approximate surface area is 87.9 Å². The predicted molar refractivity (Wildman–Crippen MR) is 61.0 cm³/mol. The van der Waals surface area contributed by atoms with E-state index in [1.807, 2.05) is 0 Å². The largest absolute Gasteiger partial charge is 0.394 e. The minimum Gasteiger partial charge on any atom is -0.394 e. The summed E-state index contributed by atoms with van der Waals surface area (Å²) in [6, 6.07) is 0. The molecule has 0 amide bonds. The average molecular weight is 210 g/mol. The lowest BCUT2D eigenvalue weighted by Crippen LogP contribution is -2.56. The van der Waals surface area contributed by atoms with E-state index >= 15 is 0 Å². The molecular formula is C12H22OSi. The van der Waals surface area contributed by atoms with Gasteiger partial charge in [-0.25, -0.2) is 0 Å². The maximum atomic E-state index is 10.6. The molecular weight excluding hydrogens is 188 g/mol. The second kappa shape index (κ2) is 2.65. The molecule has 1 N–H and O–H groups in total. The monoisotopic (exact) mass is 210 g/mol. The van der Waals surface area contributed by atoms with E-state index in [2.05, 4.69) is 13.8 Å². The summed E-state index contributed by atoms with van der Waals surface area (Å²) in [5, 5.41) is 10.3. The van der Waals surface area contributed by atoms with Crippen molar-refractivity contribution in [3.8, 4) is 0 Å². The van der Waals surface area contributed by atoms with Crippen molar-refractivity contribution in [2.45, 2.75) is 74.2 Å². The molecule has 0 aromatic carbocycles. The third kappa shape index (κ3) is 1.16. The minimum absolute atomic E-state index is 0.295. The van der Waals surface area contributed by atoms with Crippen LogP contribution in [0.15, 0.2) is 0 Å². The summed E-state index contributed by atoms with van der Waals surface area (Å²) in [6.45, 7) is 4.27. The Morgan fingerprint density at radius 1 is 0.857 bits per heavy atom. The third-order valence-corrected chi connectivity index (χ3v) is 12.7. The number of rotatable bonds is 4. The first kappa shape index (κ1) is 9.41. The Balaban J connectivity index is 1.96. The Morgan fingerprint density at radius 2 is 1.14 bits per heavy atom. The predicted octanol–water partition coefficient (Wildman–Crippen LogP) is 3.24. The second-order valence-corrected chi connectivity index (χ2v) is 11.9. The van der Waals surface area contributed by atoms with Gasteiger partial charge in [0.1, 0.15) is 0 Å². The Hall–Kier alpha value is 0.177. The Kier molecular flexibility index (Phi) is 1.78. The van der Waals surface area contributed by atoms with Crippen molar-refractivity contribution in [3.05, 3.63) is 0 Å². The van der Waals surface area contributed by atoms with Crippen LogP contribution in [0.2, 0.25) is 16.6 Å². The van der Waals surface area contributed by atoms with Gasteiger partial charge in [-0.15, -0.1) is 0 Å². The number of aliphatic hydroxyl groups is 1. The topological polar surface area (TPSA) is 20.2 Å². The Bertz CT molecular complexity index is 212. The average Bonchev–Trinajstić information content (AvgIpc) is 2.94. The number of hydrogen-bond acceptors (Lipinski definition) is 1. The molecule has 0 bridgehead atoms. The lowest BCUT2D eigenvalue weighted by molar-refractivity contribution is 0.151. The molecule has 3 fully saturated rings. The van der Waals surface area contributed by atoms with Crippen molar-refractivity contribution >= 4 is 8.07 Å². The van der Waals surface area contributed by atoms with Gasteiger partial charge in [-0.2, -0.15) is 0 Å². The maximum absolute atomic E-state index is 10.6. The van der Waals surface area contributed by atoms with Gasteiger partial charge in [-0.3, -0.25) is 0 Å². The zero-order valence-electron chi connectivity index (χ0n) is 9.42. The Morgan fingerprint density at radius 3 is 1.29 bits per heavy atom. The molecule has 1 nitrogen and oxygen atoms in total. The molecule has 0 atom stereocenters. The lowest BCUT2D eigenvalue weighted by atomic mass is 10.5. The van der Waals surface area contributed by atoms with Crippen molar-refractivity contribution in [2.75, 3.05) is 0 Å². The molecule has 3 rings (SSSR count). The van der Waals surface area contributed by atoms with Gasteiger partial charge < -0.3 is 5.11 Å². The molecule has 3 saturated carbocycles. The molecule has 3 aliphatic carbocycles. The van der Waals surface area contributed by atoms with Crippen LogP contribution in [0.3, 0.4) is 0 Å². The van der Waals surface area contributed by atoms with E-state index in [0.29, 0.717) is 0 Å². The zero-order valence-corrected chi connectivity index (χ0v) is 10.4. The molecule has 0 heterocycles. The van der Waals surface area contributed by atoms with Crippen LogP contribution in [0.1, 0.15) is 52.4 Å². The van der Waals surface area contributed by atoms with Crippen LogP contribution in [0.25, 0.3) is 0 Å². The summed E-state index contributed by atoms with van der Waals surface area (Å²) < 4.78 is 0. The summed E-state index contributed by atoms with van der Waals surface area (Å²) in [5.41, 5.74) is 3.01. The van der Waals surface area contributed by atoms with E-state index in [1.54, 1.807) is 0 Å². The van der Waals surface area contributed by atoms with Crippen LogP contribution in [0, 0.1) is 0 Å². The van der Waals surface area contributed by atoms with Crippen LogP contribution < -0.4 is 0 Å². The maximum Gasteiger partial charge on any atom is 0.0996 e. The molecule has 14 heavy (non-hydrogen) atoms. The van der Waals surface area contributed by atoms with Crippen LogP contribution in [-0.4, -0.2) is 18.4 Å². The van der Waals surface area contributed by atoms with E-state index in [0.717, 1.165) is 16.6 Å². The summed E-state index contributed by atoms with van der Waals surface area (Å²) in [7, 11) is -1.34. The summed E-state index contributed by atoms with van der Waals surface area (Å²) in [6.07, 6.45) is 8.69. The molecule has 0 aromatic heterocycles. The molecule has 3 aliphatic rings. The highest BCUT2D eigenvalue weighted by Crippen LogP contribution is 2.70. The van der Waals surface area contributed by atoms with Crippen molar-refractivity contribution < 1.29 is 5.11 Å². The molecule has 0 aliphatic heterocycles. The standard InChI is InChI=1S/C12H22OSi/c1-12(2,13)14(9-3-4-9,10-5-6-10)11-7-8-11/h9-11,13H,3-8H2,1-2H3. The van der Waals surface area contributed by atoms with E-state index in [-0.39, 0.29) is 5.22 Å². The number of hydrogen-bond donors (Lipinski definition) is 1. The fourth-order valence-corrected chi connectivity index (χ4v) is 12.5. The first-order chi connectivity index (χ1) is 6.57. The summed E-state index contributed by atoms with van der Waals surface area (Å²) >= 11 is 0. The van der Waals surface area contributed by atoms with Gasteiger partial charge >= 0.3 is 0 Å². The highest BCUT2D eigenvalue weighted by Gasteiger charge is 2.68. The molecule has 0 radical (unpaired) electrons. The van der Waals surface area contributed by atoms with E-state index in [1.165, 1.54) is 38.5 Å². The zero-order chi connectivity index (χ0) is 9.97. The fourth-order valence-electron chi connectivity index (χ4n) is 4.18. The van der Waals surface area contributed by atoms with Crippen LogP contribution >= 0.6 is 0 Å². The first-order valence-corrected chi connectivity index (χ1v) is 8.52. The summed E-state index contributed by atoms with van der Waals surface area (Å²) in [5.74, 6) is 0. The molecule has 0 unspecified atom stereocenters. The van der Waals surface area contributed by atoms with Gasteiger partial charge in [0.2, 0.25) is 0 Å². The van der Waals surface area contributed by atoms with E-state index < -0.39 is 8.07 Å². The summed E-state index contributed by atoms with van der Waals surface area (Å²) in [4.78, 5) is 0. The van der Waals surface area contributed by atoms with Gasteiger partial charge in [-0.05, 0) is 30.5 Å². The smallest absolute Gasteiger partial charge is 0.0996 e. The molecule has 0 saturated heterocycles. The fraction of sp³-hybridized carbons (Fsp3) is 1.00. The van der Waals surface area contributed by atoms with Crippen molar-refractivity contribution in [2.24, 2.45) is 0 Å². The van der Waals surface area contributed by atoms with Crippen LogP contribution in [0.4, 0.5) is 0 Å². The normalized spacial score (nSPS) is 29.4. The van der Waals surface area contributed by atoms with E-state index in [4.69, 9.17) is 0 Å². The lowest BCUT2D eigenvalue weighted by Gasteiger charge is -2.43. The SMILES string of the molecule is CC(C)(O)[Si](C1CC1)(C1CC1)C1CC1. The molecule has 2 heteroatoms. The van der Waals surface area contributed by atoms with Gasteiger partial charge in [0.15, 0.2) is 0 Å².